The highest BCUT2D eigenvalue weighted by Crippen LogP contribution is 2.19. The lowest BCUT2D eigenvalue weighted by Gasteiger charge is -2.22. The van der Waals surface area contributed by atoms with Crippen LogP contribution in [-0.4, -0.2) is 58.8 Å². The Balaban J connectivity index is 2.15. The van der Waals surface area contributed by atoms with Gasteiger partial charge in [-0.15, -0.1) is 0 Å². The summed E-state index contributed by atoms with van der Waals surface area (Å²) in [5, 5.41) is 21.4. The number of unbranched alkanes of at least 4 members (excludes halogenated alkanes) is 2. The maximum absolute atomic E-state index is 11.9. The fourth-order valence-corrected chi connectivity index (χ4v) is 2.36. The molecule has 1 aliphatic heterocycles. The fourth-order valence-electron chi connectivity index (χ4n) is 2.36. The van der Waals surface area contributed by atoms with Gasteiger partial charge in [0.2, 0.25) is 11.8 Å². The van der Waals surface area contributed by atoms with Crippen LogP contribution in [0.3, 0.4) is 0 Å². The van der Waals surface area contributed by atoms with Crippen molar-refractivity contribution in [2.45, 2.75) is 51.2 Å². The molecule has 2 amide bonds. The number of likely N-dealkylation sites (tertiary alicyclic amines) is 1. The summed E-state index contributed by atoms with van der Waals surface area (Å²) in [5.74, 6) is -0.0388. The maximum atomic E-state index is 11.9. The summed E-state index contributed by atoms with van der Waals surface area (Å²) >= 11 is 0. The molecule has 0 radical (unpaired) electrons. The summed E-state index contributed by atoms with van der Waals surface area (Å²) in [4.78, 5) is 24.2. The standard InChI is InChI=1S/C13H24N2O4/c1-10(17)14-6-4-2-3-5-13(19)15-8-12(18)7-11(15)9-16/h11-12,16,18H,2-9H2,1H3,(H,14,17)/t11-,12?/m0/s1. The zero-order valence-corrected chi connectivity index (χ0v) is 11.5. The molecular formula is C13H24N2O4. The largest absolute Gasteiger partial charge is 0.394 e. The number of hydrogen-bond acceptors (Lipinski definition) is 4. The third-order valence-corrected chi connectivity index (χ3v) is 3.36. The highest BCUT2D eigenvalue weighted by Gasteiger charge is 2.33. The second-order valence-corrected chi connectivity index (χ2v) is 5.07. The highest BCUT2D eigenvalue weighted by molar-refractivity contribution is 5.77. The van der Waals surface area contributed by atoms with Crippen molar-refractivity contribution in [1.29, 1.82) is 0 Å². The quantitative estimate of drug-likeness (QED) is 0.552. The molecule has 0 bridgehead atoms. The summed E-state index contributed by atoms with van der Waals surface area (Å²) in [6.07, 6.45) is 2.89. The van der Waals surface area contributed by atoms with E-state index in [4.69, 9.17) is 5.11 Å². The molecule has 0 aromatic heterocycles. The number of rotatable bonds is 7. The van der Waals surface area contributed by atoms with E-state index in [2.05, 4.69) is 5.32 Å². The van der Waals surface area contributed by atoms with E-state index in [0.29, 0.717) is 25.9 Å². The van der Waals surface area contributed by atoms with Gasteiger partial charge in [-0.05, 0) is 19.3 Å². The Labute approximate surface area is 113 Å². The van der Waals surface area contributed by atoms with Crippen molar-refractivity contribution in [3.63, 3.8) is 0 Å². The topological polar surface area (TPSA) is 89.9 Å². The third-order valence-electron chi connectivity index (χ3n) is 3.36. The van der Waals surface area contributed by atoms with E-state index in [0.717, 1.165) is 19.3 Å². The van der Waals surface area contributed by atoms with Gasteiger partial charge in [0.05, 0.1) is 18.8 Å². The van der Waals surface area contributed by atoms with Crippen LogP contribution in [0.4, 0.5) is 0 Å². The molecular weight excluding hydrogens is 248 g/mol. The molecule has 0 saturated carbocycles. The van der Waals surface area contributed by atoms with Crippen molar-refractivity contribution in [2.75, 3.05) is 19.7 Å². The van der Waals surface area contributed by atoms with Crippen molar-refractivity contribution in [3.05, 3.63) is 0 Å². The van der Waals surface area contributed by atoms with Gasteiger partial charge < -0.3 is 20.4 Å². The lowest BCUT2D eigenvalue weighted by Crippen LogP contribution is -2.37. The summed E-state index contributed by atoms with van der Waals surface area (Å²) in [6, 6.07) is -0.234. The van der Waals surface area contributed by atoms with Gasteiger partial charge in [0.25, 0.3) is 0 Å². The van der Waals surface area contributed by atoms with Crippen LogP contribution in [0, 0.1) is 0 Å². The average Bonchev–Trinajstić information content (AvgIpc) is 2.74. The van der Waals surface area contributed by atoms with Crippen LogP contribution in [0.1, 0.15) is 39.0 Å². The van der Waals surface area contributed by atoms with Crippen LogP contribution in [0.25, 0.3) is 0 Å². The molecule has 110 valence electrons. The zero-order valence-electron chi connectivity index (χ0n) is 11.5. The molecule has 1 rings (SSSR count). The first-order valence-corrected chi connectivity index (χ1v) is 6.87. The van der Waals surface area contributed by atoms with Gasteiger partial charge in [0.15, 0.2) is 0 Å². The Hall–Kier alpha value is -1.14. The Morgan fingerprint density at radius 2 is 2.05 bits per heavy atom. The van der Waals surface area contributed by atoms with E-state index >= 15 is 0 Å². The van der Waals surface area contributed by atoms with E-state index in [9.17, 15) is 14.7 Å². The monoisotopic (exact) mass is 272 g/mol. The van der Waals surface area contributed by atoms with Gasteiger partial charge in [-0.2, -0.15) is 0 Å². The van der Waals surface area contributed by atoms with Crippen molar-refractivity contribution in [2.24, 2.45) is 0 Å². The normalized spacial score (nSPS) is 22.6. The Bertz CT molecular complexity index is 309. The minimum absolute atomic E-state index is 0.00451. The minimum Gasteiger partial charge on any atom is -0.394 e. The van der Waals surface area contributed by atoms with Gasteiger partial charge in [0, 0.05) is 26.4 Å². The molecule has 6 heteroatoms. The van der Waals surface area contributed by atoms with E-state index in [-0.39, 0.29) is 24.5 Å². The lowest BCUT2D eigenvalue weighted by molar-refractivity contribution is -0.133. The number of amides is 2. The Kier molecular flexibility index (Phi) is 6.80. The predicted octanol–water partition coefficient (Wildman–Crippen LogP) is -0.363. The summed E-state index contributed by atoms with van der Waals surface area (Å²) in [5.41, 5.74) is 0. The average molecular weight is 272 g/mol. The first-order chi connectivity index (χ1) is 9.04. The zero-order chi connectivity index (χ0) is 14.3. The molecule has 1 aliphatic rings. The number of carbonyl (C=O) groups is 2. The summed E-state index contributed by atoms with van der Waals surface area (Å²) in [6.45, 7) is 2.36. The summed E-state index contributed by atoms with van der Waals surface area (Å²) in [7, 11) is 0. The highest BCUT2D eigenvalue weighted by atomic mass is 16.3. The molecule has 3 N–H and O–H groups in total. The van der Waals surface area contributed by atoms with E-state index < -0.39 is 6.10 Å². The van der Waals surface area contributed by atoms with Gasteiger partial charge >= 0.3 is 0 Å². The molecule has 6 nitrogen and oxygen atoms in total. The number of aliphatic hydroxyl groups is 2. The molecule has 1 unspecified atom stereocenters. The van der Waals surface area contributed by atoms with Crippen molar-refractivity contribution in [3.8, 4) is 0 Å². The van der Waals surface area contributed by atoms with Crippen LogP contribution in [-0.2, 0) is 9.59 Å². The van der Waals surface area contributed by atoms with Crippen LogP contribution < -0.4 is 5.32 Å². The smallest absolute Gasteiger partial charge is 0.222 e. The first kappa shape index (κ1) is 15.9. The SMILES string of the molecule is CC(=O)NCCCCCC(=O)N1CC(O)C[C@H]1CO. The number of β-amino-alcohol motifs (C(OH)–C–C–N with tert-alkyl or cyclic N) is 1. The van der Waals surface area contributed by atoms with Crippen LogP contribution in [0.5, 0.6) is 0 Å². The van der Waals surface area contributed by atoms with Crippen molar-refractivity contribution >= 4 is 11.8 Å². The van der Waals surface area contributed by atoms with E-state index in [1.807, 2.05) is 0 Å². The Morgan fingerprint density at radius 1 is 1.32 bits per heavy atom. The fraction of sp³-hybridized carbons (Fsp3) is 0.846. The molecule has 0 aliphatic carbocycles. The Morgan fingerprint density at radius 3 is 2.68 bits per heavy atom. The number of hydrogen-bond donors (Lipinski definition) is 3. The van der Waals surface area contributed by atoms with E-state index in [1.165, 1.54) is 6.92 Å². The minimum atomic E-state index is -0.513. The number of nitrogens with zero attached hydrogens (tertiary/aromatic N) is 1. The maximum Gasteiger partial charge on any atom is 0.222 e. The molecule has 1 fully saturated rings. The van der Waals surface area contributed by atoms with Gasteiger partial charge in [-0.1, -0.05) is 6.42 Å². The molecule has 19 heavy (non-hydrogen) atoms. The van der Waals surface area contributed by atoms with Crippen molar-refractivity contribution in [1.82, 2.24) is 10.2 Å². The second kappa shape index (κ2) is 8.12. The summed E-state index contributed by atoms with van der Waals surface area (Å²) < 4.78 is 0. The molecule has 0 aromatic carbocycles. The molecule has 1 heterocycles. The van der Waals surface area contributed by atoms with Crippen molar-refractivity contribution < 1.29 is 19.8 Å². The molecule has 1 saturated heterocycles. The van der Waals surface area contributed by atoms with E-state index in [1.54, 1.807) is 4.90 Å². The molecule has 2 atom stereocenters. The van der Waals surface area contributed by atoms with Gasteiger partial charge in [0.1, 0.15) is 0 Å². The lowest BCUT2D eigenvalue weighted by atomic mass is 10.1. The van der Waals surface area contributed by atoms with Crippen LogP contribution >= 0.6 is 0 Å². The second-order valence-electron chi connectivity index (χ2n) is 5.07. The van der Waals surface area contributed by atoms with Gasteiger partial charge in [-0.3, -0.25) is 9.59 Å². The predicted molar refractivity (Wildman–Crippen MR) is 70.4 cm³/mol. The molecule has 0 aromatic rings. The van der Waals surface area contributed by atoms with Gasteiger partial charge in [-0.25, -0.2) is 0 Å². The third kappa shape index (κ3) is 5.57. The van der Waals surface area contributed by atoms with Crippen LogP contribution in [0.15, 0.2) is 0 Å². The number of carbonyl (C=O) groups excluding carboxylic acids is 2. The number of nitrogens with one attached hydrogen (secondary N) is 1. The first-order valence-electron chi connectivity index (χ1n) is 6.87. The molecule has 0 spiro atoms. The number of aliphatic hydroxyl groups excluding tert-OH is 2. The van der Waals surface area contributed by atoms with Crippen LogP contribution in [0.2, 0.25) is 0 Å².